The van der Waals surface area contributed by atoms with Crippen molar-refractivity contribution in [2.45, 2.75) is 0 Å². The summed E-state index contributed by atoms with van der Waals surface area (Å²) in [5, 5.41) is 10.6. The predicted octanol–water partition coefficient (Wildman–Crippen LogP) is 1.25. The third-order valence-corrected chi connectivity index (χ3v) is 2.33. The van der Waals surface area contributed by atoms with Crippen LogP contribution in [0, 0.1) is 11.3 Å². The lowest BCUT2D eigenvalue weighted by Gasteiger charge is -2.04. The Morgan fingerprint density at radius 1 is 1.35 bits per heavy atom. The standard InChI is InChI=1S/C11H9BrN2O3/c12-9-3-1-8(2-4-9)11(16)14-7-10(15)17-6-5-13/h1-4H,6-7H2,(H,14,16). The van der Waals surface area contributed by atoms with E-state index in [1.807, 2.05) is 0 Å². The van der Waals surface area contributed by atoms with Crippen LogP contribution >= 0.6 is 15.9 Å². The van der Waals surface area contributed by atoms with Gasteiger partial charge in [0, 0.05) is 10.0 Å². The van der Waals surface area contributed by atoms with Crippen LogP contribution < -0.4 is 5.32 Å². The van der Waals surface area contributed by atoms with Crippen LogP contribution in [0.2, 0.25) is 0 Å². The van der Waals surface area contributed by atoms with Crippen LogP contribution in [0.15, 0.2) is 28.7 Å². The average molecular weight is 297 g/mol. The Balaban J connectivity index is 2.42. The van der Waals surface area contributed by atoms with Gasteiger partial charge in [-0.1, -0.05) is 15.9 Å². The molecule has 0 aliphatic heterocycles. The SMILES string of the molecule is N#CCOC(=O)CNC(=O)c1ccc(Br)cc1. The van der Waals surface area contributed by atoms with Gasteiger partial charge in [0.05, 0.1) is 0 Å². The van der Waals surface area contributed by atoms with E-state index in [0.717, 1.165) is 4.47 Å². The normalized spacial score (nSPS) is 9.18. The second-order valence-corrected chi connectivity index (χ2v) is 3.92. The van der Waals surface area contributed by atoms with Crippen LogP contribution in [0.25, 0.3) is 0 Å². The van der Waals surface area contributed by atoms with Gasteiger partial charge >= 0.3 is 5.97 Å². The monoisotopic (exact) mass is 296 g/mol. The van der Waals surface area contributed by atoms with E-state index in [-0.39, 0.29) is 19.1 Å². The summed E-state index contributed by atoms with van der Waals surface area (Å²) in [6.45, 7) is -0.566. The summed E-state index contributed by atoms with van der Waals surface area (Å²) >= 11 is 3.25. The second kappa shape index (κ2) is 6.66. The summed E-state index contributed by atoms with van der Waals surface area (Å²) < 4.78 is 5.34. The van der Waals surface area contributed by atoms with Gasteiger partial charge in [-0.05, 0) is 24.3 Å². The van der Waals surface area contributed by atoms with Crippen molar-refractivity contribution in [3.05, 3.63) is 34.3 Å². The molecule has 1 aromatic carbocycles. The summed E-state index contributed by atoms with van der Waals surface area (Å²) in [7, 11) is 0. The molecule has 1 rings (SSSR count). The number of benzene rings is 1. The van der Waals surface area contributed by atoms with Gasteiger partial charge in [-0.3, -0.25) is 9.59 Å². The van der Waals surface area contributed by atoms with Crippen molar-refractivity contribution in [2.24, 2.45) is 0 Å². The largest absolute Gasteiger partial charge is 0.449 e. The lowest BCUT2D eigenvalue weighted by atomic mass is 10.2. The summed E-state index contributed by atoms with van der Waals surface area (Å²) in [6, 6.07) is 8.36. The fourth-order valence-corrected chi connectivity index (χ4v) is 1.28. The van der Waals surface area contributed by atoms with E-state index in [1.165, 1.54) is 0 Å². The first-order valence-electron chi connectivity index (χ1n) is 4.70. The number of carbonyl (C=O) groups excluding carboxylic acids is 2. The number of ether oxygens (including phenoxy) is 1. The minimum atomic E-state index is -0.642. The summed E-state index contributed by atoms with van der Waals surface area (Å²) in [4.78, 5) is 22.5. The van der Waals surface area contributed by atoms with E-state index < -0.39 is 5.97 Å². The van der Waals surface area contributed by atoms with E-state index in [1.54, 1.807) is 30.3 Å². The van der Waals surface area contributed by atoms with Gasteiger partial charge in [0.2, 0.25) is 0 Å². The third-order valence-electron chi connectivity index (χ3n) is 1.80. The summed E-state index contributed by atoms with van der Waals surface area (Å²) in [5.74, 6) is -1.01. The Morgan fingerprint density at radius 2 is 2.00 bits per heavy atom. The predicted molar refractivity (Wildman–Crippen MR) is 63.0 cm³/mol. The molecule has 0 saturated carbocycles. The molecule has 1 amide bonds. The van der Waals surface area contributed by atoms with Crippen molar-refractivity contribution in [1.82, 2.24) is 5.32 Å². The van der Waals surface area contributed by atoms with Crippen molar-refractivity contribution in [2.75, 3.05) is 13.2 Å². The molecule has 6 heteroatoms. The van der Waals surface area contributed by atoms with Crippen LogP contribution in [-0.4, -0.2) is 25.0 Å². The Morgan fingerprint density at radius 3 is 2.59 bits per heavy atom. The Kier molecular flexibility index (Phi) is 5.17. The van der Waals surface area contributed by atoms with E-state index in [4.69, 9.17) is 5.26 Å². The highest BCUT2D eigenvalue weighted by molar-refractivity contribution is 9.10. The van der Waals surface area contributed by atoms with Gasteiger partial charge in [-0.2, -0.15) is 5.26 Å². The molecule has 1 N–H and O–H groups in total. The number of esters is 1. The zero-order chi connectivity index (χ0) is 12.7. The number of halogens is 1. The molecule has 5 nitrogen and oxygen atoms in total. The van der Waals surface area contributed by atoms with E-state index in [0.29, 0.717) is 5.56 Å². The molecule has 0 saturated heterocycles. The molecule has 0 atom stereocenters. The molecule has 0 bridgehead atoms. The lowest BCUT2D eigenvalue weighted by Crippen LogP contribution is -2.30. The average Bonchev–Trinajstić information content (AvgIpc) is 2.34. The minimum absolute atomic E-state index is 0.253. The molecule has 17 heavy (non-hydrogen) atoms. The van der Waals surface area contributed by atoms with Crippen molar-refractivity contribution in [3.8, 4) is 6.07 Å². The summed E-state index contributed by atoms with van der Waals surface area (Å²) in [5.41, 5.74) is 0.446. The highest BCUT2D eigenvalue weighted by Crippen LogP contribution is 2.10. The van der Waals surface area contributed by atoms with Gasteiger partial charge in [0.15, 0.2) is 6.61 Å². The Bertz CT molecular complexity index is 451. The number of nitrogens with zero attached hydrogens (tertiary/aromatic N) is 1. The smallest absolute Gasteiger partial charge is 0.326 e. The second-order valence-electron chi connectivity index (χ2n) is 3.01. The van der Waals surface area contributed by atoms with Gasteiger partial charge in [-0.15, -0.1) is 0 Å². The molecule has 0 aliphatic carbocycles. The van der Waals surface area contributed by atoms with E-state index >= 15 is 0 Å². The molecule has 0 unspecified atom stereocenters. The zero-order valence-electron chi connectivity index (χ0n) is 8.77. The topological polar surface area (TPSA) is 79.2 Å². The number of hydrogen-bond donors (Lipinski definition) is 1. The highest BCUT2D eigenvalue weighted by Gasteiger charge is 2.08. The lowest BCUT2D eigenvalue weighted by molar-refractivity contribution is -0.140. The molecule has 0 aromatic heterocycles. The van der Waals surface area contributed by atoms with Gasteiger partial charge in [0.1, 0.15) is 12.6 Å². The molecular formula is C11H9BrN2O3. The number of nitrogens with one attached hydrogen (secondary N) is 1. The molecule has 0 heterocycles. The molecular weight excluding hydrogens is 288 g/mol. The first-order chi connectivity index (χ1) is 8.13. The molecule has 88 valence electrons. The van der Waals surface area contributed by atoms with Gasteiger partial charge < -0.3 is 10.1 Å². The van der Waals surface area contributed by atoms with Gasteiger partial charge in [0.25, 0.3) is 5.91 Å². The van der Waals surface area contributed by atoms with Crippen LogP contribution in [0.5, 0.6) is 0 Å². The first-order valence-corrected chi connectivity index (χ1v) is 5.49. The number of amides is 1. The summed E-state index contributed by atoms with van der Waals surface area (Å²) in [6.07, 6.45) is 0. The molecule has 0 fully saturated rings. The number of nitriles is 1. The first kappa shape index (κ1) is 13.2. The molecule has 0 spiro atoms. The van der Waals surface area contributed by atoms with Gasteiger partial charge in [-0.25, -0.2) is 0 Å². The highest BCUT2D eigenvalue weighted by atomic mass is 79.9. The van der Waals surface area contributed by atoms with Crippen LogP contribution in [0.4, 0.5) is 0 Å². The molecule has 0 aliphatic rings. The maximum Gasteiger partial charge on any atom is 0.326 e. The number of hydrogen-bond acceptors (Lipinski definition) is 4. The number of carbonyl (C=O) groups is 2. The molecule has 1 aromatic rings. The van der Waals surface area contributed by atoms with E-state index in [2.05, 4.69) is 26.0 Å². The third kappa shape index (κ3) is 4.66. The van der Waals surface area contributed by atoms with E-state index in [9.17, 15) is 9.59 Å². The Hall–Kier alpha value is -1.87. The van der Waals surface area contributed by atoms with Crippen molar-refractivity contribution in [1.29, 1.82) is 5.26 Å². The van der Waals surface area contributed by atoms with Crippen molar-refractivity contribution in [3.63, 3.8) is 0 Å². The fraction of sp³-hybridized carbons (Fsp3) is 0.182. The fourth-order valence-electron chi connectivity index (χ4n) is 1.02. The quantitative estimate of drug-likeness (QED) is 0.848. The van der Waals surface area contributed by atoms with Crippen molar-refractivity contribution < 1.29 is 14.3 Å². The van der Waals surface area contributed by atoms with Crippen LogP contribution in [-0.2, 0) is 9.53 Å². The minimum Gasteiger partial charge on any atom is -0.449 e. The number of rotatable bonds is 4. The van der Waals surface area contributed by atoms with Crippen LogP contribution in [0.3, 0.4) is 0 Å². The maximum atomic E-state index is 11.5. The molecule has 0 radical (unpaired) electrons. The van der Waals surface area contributed by atoms with Crippen molar-refractivity contribution >= 4 is 27.8 Å². The zero-order valence-corrected chi connectivity index (χ0v) is 10.4. The maximum absolute atomic E-state index is 11.5. The Labute approximate surface area is 107 Å². The van der Waals surface area contributed by atoms with Crippen LogP contribution in [0.1, 0.15) is 10.4 Å².